The summed E-state index contributed by atoms with van der Waals surface area (Å²) in [6.45, 7) is 9.28. The number of nitrogens with zero attached hydrogens (tertiary/aromatic N) is 1. The van der Waals surface area contributed by atoms with Gasteiger partial charge in [-0.05, 0) is 59.1 Å². The van der Waals surface area contributed by atoms with E-state index in [1.165, 1.54) is 12.1 Å². The molecule has 0 saturated carbocycles. The third-order valence-electron chi connectivity index (χ3n) is 4.42. The summed E-state index contributed by atoms with van der Waals surface area (Å²) in [5, 5.41) is 0. The van der Waals surface area contributed by atoms with Gasteiger partial charge in [0, 0.05) is 6.04 Å². The number of likely N-dealkylation sites (tertiary alicyclic amines) is 1. The molecule has 0 radical (unpaired) electrons. The predicted molar refractivity (Wildman–Crippen MR) is 99.5 cm³/mol. The fourth-order valence-electron chi connectivity index (χ4n) is 3.08. The Labute approximate surface area is 156 Å². The maximum absolute atomic E-state index is 12.6. The first-order valence-corrected chi connectivity index (χ1v) is 10.4. The topological polar surface area (TPSA) is 72.9 Å². The van der Waals surface area contributed by atoms with Gasteiger partial charge >= 0.3 is 6.09 Å². The van der Waals surface area contributed by atoms with Crippen molar-refractivity contribution in [3.8, 4) is 0 Å². The number of rotatable bonds is 5. The van der Waals surface area contributed by atoms with Crippen molar-refractivity contribution in [3.63, 3.8) is 0 Å². The second-order valence-electron chi connectivity index (χ2n) is 7.73. The molecule has 0 aromatic heterocycles. The van der Waals surface area contributed by atoms with E-state index in [1.54, 1.807) is 17.0 Å². The molecule has 0 spiro atoms. The fraction of sp³-hybridized carbons (Fsp3) is 0.632. The normalized spacial score (nSPS) is 21.0. The quantitative estimate of drug-likeness (QED) is 0.722. The minimum Gasteiger partial charge on any atom is -0.444 e. The molecular formula is C19H29NO5S. The minimum absolute atomic E-state index is 0.0422. The summed E-state index contributed by atoms with van der Waals surface area (Å²) in [4.78, 5) is 14.3. The molecule has 0 N–H and O–H groups in total. The van der Waals surface area contributed by atoms with Crippen LogP contribution in [0.4, 0.5) is 4.79 Å². The monoisotopic (exact) mass is 383 g/mol. The first-order chi connectivity index (χ1) is 12.0. The molecule has 7 heteroatoms. The van der Waals surface area contributed by atoms with Crippen molar-refractivity contribution in [2.24, 2.45) is 0 Å². The van der Waals surface area contributed by atoms with E-state index in [9.17, 15) is 13.2 Å². The number of carbonyl (C=O) groups is 1. The molecule has 2 unspecified atom stereocenters. The van der Waals surface area contributed by atoms with Gasteiger partial charge in [-0.15, -0.1) is 0 Å². The van der Waals surface area contributed by atoms with Gasteiger partial charge < -0.3 is 4.74 Å². The van der Waals surface area contributed by atoms with E-state index < -0.39 is 21.8 Å². The summed E-state index contributed by atoms with van der Waals surface area (Å²) in [6.07, 6.45) is 1.89. The molecule has 1 aromatic rings. The highest BCUT2D eigenvalue weighted by Crippen LogP contribution is 2.29. The number of aryl methyl sites for hydroxylation is 1. The van der Waals surface area contributed by atoms with Crippen LogP contribution >= 0.6 is 0 Å². The van der Waals surface area contributed by atoms with Crippen molar-refractivity contribution >= 4 is 16.2 Å². The lowest BCUT2D eigenvalue weighted by atomic mass is 10.1. The lowest BCUT2D eigenvalue weighted by molar-refractivity contribution is 0.0101. The average Bonchev–Trinajstić information content (AvgIpc) is 2.95. The average molecular weight is 384 g/mol. The van der Waals surface area contributed by atoms with Crippen LogP contribution in [0.5, 0.6) is 0 Å². The summed E-state index contributed by atoms with van der Waals surface area (Å²) < 4.78 is 35.6. The number of amides is 1. The number of benzene rings is 1. The van der Waals surface area contributed by atoms with E-state index in [4.69, 9.17) is 8.92 Å². The number of carbonyl (C=O) groups excluding carboxylic acids is 1. The number of ether oxygens (including phenoxy) is 1. The van der Waals surface area contributed by atoms with Crippen LogP contribution in [0.3, 0.4) is 0 Å². The van der Waals surface area contributed by atoms with Crippen LogP contribution in [-0.2, 0) is 19.0 Å². The summed E-state index contributed by atoms with van der Waals surface area (Å²) >= 11 is 0. The Morgan fingerprint density at radius 2 is 1.73 bits per heavy atom. The Kier molecular flexibility index (Phi) is 6.34. The number of hydrogen-bond donors (Lipinski definition) is 0. The SMILES string of the molecule is CCC1CCC(COS(=O)(=O)c2ccc(C)cc2)N1C(=O)OC(C)(C)C. The van der Waals surface area contributed by atoms with Crippen molar-refractivity contribution in [3.05, 3.63) is 29.8 Å². The zero-order chi connectivity index (χ0) is 19.5. The van der Waals surface area contributed by atoms with Crippen LogP contribution in [0.15, 0.2) is 29.2 Å². The van der Waals surface area contributed by atoms with E-state index in [0.29, 0.717) is 6.42 Å². The van der Waals surface area contributed by atoms with Crippen molar-refractivity contribution in [1.29, 1.82) is 0 Å². The maximum Gasteiger partial charge on any atom is 0.410 e. The van der Waals surface area contributed by atoms with Gasteiger partial charge in [-0.2, -0.15) is 8.42 Å². The van der Waals surface area contributed by atoms with Gasteiger partial charge in [0.1, 0.15) is 5.60 Å². The third kappa shape index (κ3) is 5.20. The van der Waals surface area contributed by atoms with Crippen molar-refractivity contribution in [2.75, 3.05) is 6.61 Å². The molecule has 1 aliphatic heterocycles. The Hall–Kier alpha value is -1.60. The minimum atomic E-state index is -3.85. The molecule has 1 saturated heterocycles. The van der Waals surface area contributed by atoms with Crippen LogP contribution in [0, 0.1) is 6.92 Å². The third-order valence-corrected chi connectivity index (χ3v) is 5.72. The molecule has 2 atom stereocenters. The largest absolute Gasteiger partial charge is 0.444 e. The highest BCUT2D eigenvalue weighted by molar-refractivity contribution is 7.86. The van der Waals surface area contributed by atoms with Gasteiger partial charge in [-0.25, -0.2) is 4.79 Å². The van der Waals surface area contributed by atoms with Gasteiger partial charge in [0.05, 0.1) is 17.5 Å². The van der Waals surface area contributed by atoms with E-state index in [1.807, 2.05) is 34.6 Å². The number of hydrogen-bond acceptors (Lipinski definition) is 5. The standard InChI is InChI=1S/C19H29NO5S/c1-6-15-9-10-16(20(15)18(21)25-19(3,4)5)13-24-26(22,23)17-11-7-14(2)8-12-17/h7-8,11-12,15-16H,6,9-10,13H2,1-5H3. The zero-order valence-electron chi connectivity index (χ0n) is 16.2. The highest BCUT2D eigenvalue weighted by Gasteiger charge is 2.39. The molecule has 0 bridgehead atoms. The maximum atomic E-state index is 12.6. The van der Waals surface area contributed by atoms with E-state index in [2.05, 4.69) is 0 Å². The zero-order valence-corrected chi connectivity index (χ0v) is 17.0. The van der Waals surface area contributed by atoms with Crippen molar-refractivity contribution < 1.29 is 22.1 Å². The van der Waals surface area contributed by atoms with Gasteiger partial charge in [0.15, 0.2) is 0 Å². The van der Waals surface area contributed by atoms with Crippen LogP contribution in [0.1, 0.15) is 52.5 Å². The predicted octanol–water partition coefficient (Wildman–Crippen LogP) is 3.88. The lowest BCUT2D eigenvalue weighted by Gasteiger charge is -2.32. The van der Waals surface area contributed by atoms with E-state index >= 15 is 0 Å². The van der Waals surface area contributed by atoms with Crippen LogP contribution in [0.25, 0.3) is 0 Å². The summed E-state index contributed by atoms with van der Waals surface area (Å²) in [7, 11) is -3.85. The molecule has 1 fully saturated rings. The second kappa shape index (κ2) is 7.96. The molecule has 0 aliphatic carbocycles. The first kappa shape index (κ1) is 20.7. The van der Waals surface area contributed by atoms with Gasteiger partial charge in [-0.1, -0.05) is 24.6 Å². The Morgan fingerprint density at radius 3 is 2.27 bits per heavy atom. The highest BCUT2D eigenvalue weighted by atomic mass is 32.2. The first-order valence-electron chi connectivity index (χ1n) is 9.01. The summed E-state index contributed by atoms with van der Waals surface area (Å²) in [6, 6.07) is 6.24. The smallest absolute Gasteiger partial charge is 0.410 e. The molecule has 146 valence electrons. The fourth-order valence-corrected chi connectivity index (χ4v) is 4.02. The van der Waals surface area contributed by atoms with E-state index in [0.717, 1.165) is 18.4 Å². The van der Waals surface area contributed by atoms with Crippen LogP contribution in [0.2, 0.25) is 0 Å². The summed E-state index contributed by atoms with van der Waals surface area (Å²) in [5.74, 6) is 0. The molecular weight excluding hydrogens is 354 g/mol. The van der Waals surface area contributed by atoms with Crippen LogP contribution < -0.4 is 0 Å². The van der Waals surface area contributed by atoms with Crippen molar-refractivity contribution in [1.82, 2.24) is 4.90 Å². The molecule has 1 amide bonds. The molecule has 6 nitrogen and oxygen atoms in total. The molecule has 2 rings (SSSR count). The van der Waals surface area contributed by atoms with Gasteiger partial charge in [-0.3, -0.25) is 9.08 Å². The van der Waals surface area contributed by atoms with Gasteiger partial charge in [0.25, 0.3) is 10.1 Å². The van der Waals surface area contributed by atoms with Crippen LogP contribution in [-0.4, -0.2) is 43.7 Å². The van der Waals surface area contributed by atoms with Crippen molar-refractivity contribution in [2.45, 2.75) is 76.5 Å². The molecule has 1 aromatic carbocycles. The van der Waals surface area contributed by atoms with Gasteiger partial charge in [0.2, 0.25) is 0 Å². The lowest BCUT2D eigenvalue weighted by Crippen LogP contribution is -2.45. The van der Waals surface area contributed by atoms with E-state index in [-0.39, 0.29) is 23.6 Å². The molecule has 1 heterocycles. The molecule has 1 aliphatic rings. The Bertz CT molecular complexity index is 721. The summed E-state index contributed by atoms with van der Waals surface area (Å²) in [5.41, 5.74) is 0.374. The second-order valence-corrected chi connectivity index (χ2v) is 9.35. The Balaban J connectivity index is 2.09. The Morgan fingerprint density at radius 1 is 1.15 bits per heavy atom. The molecule has 26 heavy (non-hydrogen) atoms.